The van der Waals surface area contributed by atoms with Gasteiger partial charge in [0.1, 0.15) is 0 Å². The molecule has 160 valence electrons. The highest BCUT2D eigenvalue weighted by molar-refractivity contribution is 5.84. The average Bonchev–Trinajstić information content (AvgIpc) is 3.33. The Labute approximate surface area is 178 Å². The second-order valence-electron chi connectivity index (χ2n) is 8.55. The van der Waals surface area contributed by atoms with Gasteiger partial charge in [-0.1, -0.05) is 62.4 Å². The Morgan fingerprint density at radius 1 is 0.933 bits per heavy atom. The summed E-state index contributed by atoms with van der Waals surface area (Å²) in [6, 6.07) is 11.2. The Kier molecular flexibility index (Phi) is 6.82. The smallest absolute Gasteiger partial charge is 0.252 e. The molecule has 1 atom stereocenters. The zero-order chi connectivity index (χ0) is 20.8. The standard InChI is InChI=1S/C24H32N4O2/c29-22(13-12-20-8-3-1-4-9-20)26-16-18-27(19-17-26)24(30)23(28-15-7-14-25-28)21-10-5-2-6-11-21/h2,5-7,10-11,14-15,20,23H,1,3-4,8-9,12-13,16-19H2. The molecule has 2 aromatic rings. The number of hydrogen-bond acceptors (Lipinski definition) is 3. The van der Waals surface area contributed by atoms with Crippen molar-refractivity contribution in [2.45, 2.75) is 51.0 Å². The van der Waals surface area contributed by atoms with Crippen LogP contribution in [0.15, 0.2) is 48.8 Å². The van der Waals surface area contributed by atoms with E-state index in [0.29, 0.717) is 32.6 Å². The van der Waals surface area contributed by atoms with Crippen molar-refractivity contribution in [1.82, 2.24) is 19.6 Å². The van der Waals surface area contributed by atoms with Crippen LogP contribution in [0.4, 0.5) is 0 Å². The van der Waals surface area contributed by atoms with Gasteiger partial charge in [0.15, 0.2) is 6.04 Å². The van der Waals surface area contributed by atoms with Crippen LogP contribution in [0.1, 0.15) is 56.6 Å². The first kappa shape index (κ1) is 20.6. The zero-order valence-electron chi connectivity index (χ0n) is 17.7. The summed E-state index contributed by atoms with van der Waals surface area (Å²) in [6.45, 7) is 2.41. The van der Waals surface area contributed by atoms with Gasteiger partial charge in [-0.2, -0.15) is 5.10 Å². The van der Waals surface area contributed by atoms with Crippen molar-refractivity contribution in [3.63, 3.8) is 0 Å². The molecule has 1 aliphatic heterocycles. The van der Waals surface area contributed by atoms with E-state index in [4.69, 9.17) is 0 Å². The van der Waals surface area contributed by atoms with Crippen molar-refractivity contribution in [3.05, 3.63) is 54.4 Å². The van der Waals surface area contributed by atoms with Crippen LogP contribution in [-0.4, -0.2) is 57.6 Å². The van der Waals surface area contributed by atoms with Gasteiger partial charge in [0, 0.05) is 45.0 Å². The number of benzene rings is 1. The molecule has 6 nitrogen and oxygen atoms in total. The van der Waals surface area contributed by atoms with E-state index in [1.54, 1.807) is 10.9 Å². The van der Waals surface area contributed by atoms with E-state index in [9.17, 15) is 9.59 Å². The largest absolute Gasteiger partial charge is 0.339 e. The summed E-state index contributed by atoms with van der Waals surface area (Å²) in [6.07, 6.45) is 11.8. The third-order valence-corrected chi connectivity index (χ3v) is 6.57. The van der Waals surface area contributed by atoms with Crippen molar-refractivity contribution in [1.29, 1.82) is 0 Å². The van der Waals surface area contributed by atoms with E-state index in [1.807, 2.05) is 52.4 Å². The van der Waals surface area contributed by atoms with Crippen LogP contribution in [0.5, 0.6) is 0 Å². The fourth-order valence-electron chi connectivity index (χ4n) is 4.79. The maximum Gasteiger partial charge on any atom is 0.252 e. The lowest BCUT2D eigenvalue weighted by molar-refractivity contribution is -0.141. The fraction of sp³-hybridized carbons (Fsp3) is 0.542. The lowest BCUT2D eigenvalue weighted by Gasteiger charge is -2.36. The maximum absolute atomic E-state index is 13.4. The molecule has 1 aromatic carbocycles. The van der Waals surface area contributed by atoms with E-state index in [1.165, 1.54) is 32.1 Å². The Hall–Kier alpha value is -2.63. The van der Waals surface area contributed by atoms with E-state index in [-0.39, 0.29) is 11.8 Å². The molecule has 1 aromatic heterocycles. The van der Waals surface area contributed by atoms with Gasteiger partial charge in [0.05, 0.1) is 0 Å². The number of carbonyl (C=O) groups excluding carboxylic acids is 2. The summed E-state index contributed by atoms with van der Waals surface area (Å²) < 4.78 is 1.72. The quantitative estimate of drug-likeness (QED) is 0.735. The number of nitrogens with zero attached hydrogens (tertiary/aromatic N) is 4. The molecule has 0 bridgehead atoms. The number of piperazine rings is 1. The molecule has 1 unspecified atom stereocenters. The Bertz CT molecular complexity index is 807. The molecule has 2 amide bonds. The fourth-order valence-corrected chi connectivity index (χ4v) is 4.79. The van der Waals surface area contributed by atoms with E-state index < -0.39 is 6.04 Å². The van der Waals surface area contributed by atoms with Crippen molar-refractivity contribution < 1.29 is 9.59 Å². The molecule has 30 heavy (non-hydrogen) atoms. The van der Waals surface area contributed by atoms with Crippen LogP contribution >= 0.6 is 0 Å². The normalized spacial score (nSPS) is 18.9. The highest BCUT2D eigenvalue weighted by atomic mass is 16.2. The molecule has 0 N–H and O–H groups in total. The average molecular weight is 409 g/mol. The van der Waals surface area contributed by atoms with Gasteiger partial charge in [0.25, 0.3) is 5.91 Å². The minimum Gasteiger partial charge on any atom is -0.339 e. The van der Waals surface area contributed by atoms with Crippen molar-refractivity contribution in [2.24, 2.45) is 5.92 Å². The summed E-state index contributed by atoms with van der Waals surface area (Å²) in [5.74, 6) is 1.02. The van der Waals surface area contributed by atoms with Gasteiger partial charge in [-0.15, -0.1) is 0 Å². The van der Waals surface area contributed by atoms with Crippen LogP contribution in [0.25, 0.3) is 0 Å². The Morgan fingerprint density at radius 3 is 2.30 bits per heavy atom. The van der Waals surface area contributed by atoms with Crippen molar-refractivity contribution >= 4 is 11.8 Å². The minimum atomic E-state index is -0.463. The number of carbonyl (C=O) groups is 2. The summed E-state index contributed by atoms with van der Waals surface area (Å²) in [4.78, 5) is 29.9. The third-order valence-electron chi connectivity index (χ3n) is 6.57. The summed E-state index contributed by atoms with van der Waals surface area (Å²) in [5, 5.41) is 4.33. The van der Waals surface area contributed by atoms with Crippen LogP contribution in [0.3, 0.4) is 0 Å². The monoisotopic (exact) mass is 408 g/mol. The summed E-state index contributed by atoms with van der Waals surface area (Å²) >= 11 is 0. The first-order valence-corrected chi connectivity index (χ1v) is 11.3. The van der Waals surface area contributed by atoms with Crippen LogP contribution in [0, 0.1) is 5.92 Å². The molecule has 0 spiro atoms. The molecular weight excluding hydrogens is 376 g/mol. The van der Waals surface area contributed by atoms with Gasteiger partial charge < -0.3 is 9.80 Å². The molecule has 1 saturated heterocycles. The second kappa shape index (κ2) is 9.92. The first-order chi connectivity index (χ1) is 14.7. The Balaban J connectivity index is 1.33. The number of rotatable bonds is 6. The zero-order valence-corrected chi connectivity index (χ0v) is 17.7. The molecule has 1 aliphatic carbocycles. The second-order valence-corrected chi connectivity index (χ2v) is 8.55. The molecule has 4 rings (SSSR count). The SMILES string of the molecule is O=C(CCC1CCCCC1)N1CCN(C(=O)C(c2ccccc2)n2cccn2)CC1. The van der Waals surface area contributed by atoms with E-state index in [0.717, 1.165) is 17.9 Å². The van der Waals surface area contributed by atoms with Crippen molar-refractivity contribution in [2.75, 3.05) is 26.2 Å². The molecule has 2 aliphatic rings. The Morgan fingerprint density at radius 2 is 1.63 bits per heavy atom. The van der Waals surface area contributed by atoms with Gasteiger partial charge in [0.2, 0.25) is 5.91 Å². The van der Waals surface area contributed by atoms with E-state index in [2.05, 4.69) is 5.10 Å². The molecule has 1 saturated carbocycles. The highest BCUT2D eigenvalue weighted by Crippen LogP contribution is 2.27. The van der Waals surface area contributed by atoms with Crippen LogP contribution < -0.4 is 0 Å². The number of aromatic nitrogens is 2. The van der Waals surface area contributed by atoms with Crippen LogP contribution in [0.2, 0.25) is 0 Å². The van der Waals surface area contributed by atoms with Gasteiger partial charge in [-0.25, -0.2) is 0 Å². The van der Waals surface area contributed by atoms with Crippen LogP contribution in [-0.2, 0) is 9.59 Å². The maximum atomic E-state index is 13.4. The molecule has 2 heterocycles. The molecule has 6 heteroatoms. The van der Waals surface area contributed by atoms with Gasteiger partial charge in [-0.05, 0) is 24.0 Å². The van der Waals surface area contributed by atoms with Gasteiger partial charge in [-0.3, -0.25) is 14.3 Å². The lowest BCUT2D eigenvalue weighted by atomic mass is 9.86. The molecular formula is C24H32N4O2. The summed E-state index contributed by atoms with van der Waals surface area (Å²) in [7, 11) is 0. The molecule has 2 fully saturated rings. The van der Waals surface area contributed by atoms with E-state index >= 15 is 0 Å². The first-order valence-electron chi connectivity index (χ1n) is 11.3. The molecule has 0 radical (unpaired) electrons. The number of amides is 2. The predicted molar refractivity (Wildman–Crippen MR) is 116 cm³/mol. The predicted octanol–water partition coefficient (Wildman–Crippen LogP) is 3.50. The third kappa shape index (κ3) is 4.91. The van der Waals surface area contributed by atoms with Gasteiger partial charge >= 0.3 is 0 Å². The van der Waals surface area contributed by atoms with Crippen molar-refractivity contribution in [3.8, 4) is 0 Å². The number of hydrogen-bond donors (Lipinski definition) is 0. The minimum absolute atomic E-state index is 0.0409. The highest BCUT2D eigenvalue weighted by Gasteiger charge is 2.31. The summed E-state index contributed by atoms with van der Waals surface area (Å²) in [5.41, 5.74) is 0.928. The lowest BCUT2D eigenvalue weighted by Crippen LogP contribution is -2.52. The topological polar surface area (TPSA) is 58.4 Å².